The lowest BCUT2D eigenvalue weighted by atomic mass is 10.2. The van der Waals surface area contributed by atoms with Crippen LogP contribution in [-0.2, 0) is 12.8 Å². The van der Waals surface area contributed by atoms with E-state index in [4.69, 9.17) is 5.73 Å². The third-order valence-electron chi connectivity index (χ3n) is 2.52. The number of nitrogens with two attached hydrogens (primary N) is 1. The Morgan fingerprint density at radius 3 is 2.69 bits per heavy atom. The Kier molecular flexibility index (Phi) is 4.82. The van der Waals surface area contributed by atoms with E-state index in [-0.39, 0.29) is 24.8 Å². The average Bonchev–Trinajstić information content (AvgIpc) is 2.55. The van der Waals surface area contributed by atoms with Crippen LogP contribution in [0.3, 0.4) is 0 Å². The molecular formula is C9H13Cl2N3S2. The molecule has 1 aliphatic rings. The summed E-state index contributed by atoms with van der Waals surface area (Å²) in [7, 11) is 0. The third kappa shape index (κ3) is 2.28. The number of nitrogens with one attached hydrogen (secondary N) is 1. The van der Waals surface area contributed by atoms with Crippen molar-refractivity contribution in [2.45, 2.75) is 12.8 Å². The molecular weight excluding hydrogens is 285 g/mol. The second kappa shape index (κ2) is 5.51. The molecule has 0 saturated heterocycles. The Labute approximate surface area is 114 Å². The maximum atomic E-state index is 5.71. The Balaban J connectivity index is 0.000000640. The Hall–Kier alpha value is -0.0700. The first-order chi connectivity index (χ1) is 6.84. The molecule has 16 heavy (non-hydrogen) atoms. The van der Waals surface area contributed by atoms with Gasteiger partial charge in [0.25, 0.3) is 0 Å². The maximum Gasteiger partial charge on any atom is 0.181 e. The van der Waals surface area contributed by atoms with Crippen molar-refractivity contribution < 1.29 is 0 Å². The predicted octanol–water partition coefficient (Wildman–Crippen LogP) is 2.47. The number of thiazole rings is 1. The number of rotatable bonds is 0. The number of hydrogen-bond donors (Lipinski definition) is 2. The fourth-order valence-electron chi connectivity index (χ4n) is 1.88. The normalized spacial score (nSPS) is 14.8. The topological polar surface area (TPSA) is 50.9 Å². The first-order valence-corrected chi connectivity index (χ1v) is 6.35. The van der Waals surface area contributed by atoms with Gasteiger partial charge in [-0.3, -0.25) is 0 Å². The minimum absolute atomic E-state index is 0. The summed E-state index contributed by atoms with van der Waals surface area (Å²) in [5.41, 5.74) is 7.20. The number of anilines is 1. The zero-order valence-electron chi connectivity index (χ0n) is 8.49. The van der Waals surface area contributed by atoms with Gasteiger partial charge in [-0.25, -0.2) is 4.98 Å². The molecule has 0 radical (unpaired) electrons. The minimum atomic E-state index is 0. The molecule has 3 nitrogen and oxygen atoms in total. The Morgan fingerprint density at radius 2 is 1.88 bits per heavy atom. The molecule has 3 N–H and O–H groups in total. The second-order valence-electron chi connectivity index (χ2n) is 3.44. The highest BCUT2D eigenvalue weighted by Crippen LogP contribution is 2.37. The van der Waals surface area contributed by atoms with Crippen LogP contribution in [0.1, 0.15) is 10.4 Å². The molecule has 90 valence electrons. The fraction of sp³-hybridized carbons (Fsp3) is 0.444. The first kappa shape index (κ1) is 14.0. The number of nitrogen functional groups attached to an aromatic ring is 1. The maximum absolute atomic E-state index is 5.71. The van der Waals surface area contributed by atoms with Crippen molar-refractivity contribution in [3.63, 3.8) is 0 Å². The molecule has 0 amide bonds. The van der Waals surface area contributed by atoms with E-state index in [1.807, 2.05) is 11.3 Å². The SMILES string of the molecule is Cl.Cl.Nc1nc2sc3c(c2s1)CCNCC3. The molecule has 1 aliphatic heterocycles. The smallest absolute Gasteiger partial charge is 0.181 e. The predicted molar refractivity (Wildman–Crippen MR) is 76.7 cm³/mol. The molecule has 0 fully saturated rings. The van der Waals surface area contributed by atoms with Crippen LogP contribution in [0.2, 0.25) is 0 Å². The van der Waals surface area contributed by atoms with E-state index >= 15 is 0 Å². The van der Waals surface area contributed by atoms with E-state index in [0.717, 1.165) is 30.8 Å². The number of hydrogen-bond acceptors (Lipinski definition) is 5. The number of nitrogens with zero attached hydrogens (tertiary/aromatic N) is 1. The van der Waals surface area contributed by atoms with Crippen LogP contribution in [0.15, 0.2) is 0 Å². The van der Waals surface area contributed by atoms with Gasteiger partial charge in [-0.2, -0.15) is 0 Å². The molecule has 0 aliphatic carbocycles. The van der Waals surface area contributed by atoms with Gasteiger partial charge in [0.15, 0.2) is 5.13 Å². The van der Waals surface area contributed by atoms with Crippen LogP contribution in [0.4, 0.5) is 5.13 Å². The zero-order chi connectivity index (χ0) is 9.54. The Morgan fingerprint density at radius 1 is 1.12 bits per heavy atom. The van der Waals surface area contributed by atoms with Gasteiger partial charge in [-0.15, -0.1) is 36.2 Å². The monoisotopic (exact) mass is 297 g/mol. The van der Waals surface area contributed by atoms with Gasteiger partial charge in [0.05, 0.1) is 4.70 Å². The van der Waals surface area contributed by atoms with E-state index in [9.17, 15) is 0 Å². The molecule has 7 heteroatoms. The summed E-state index contributed by atoms with van der Waals surface area (Å²) in [5, 5.41) is 4.11. The molecule has 3 rings (SSSR count). The van der Waals surface area contributed by atoms with Crippen LogP contribution in [-0.4, -0.2) is 18.1 Å². The third-order valence-corrected chi connectivity index (χ3v) is 4.78. The molecule has 0 saturated carbocycles. The van der Waals surface area contributed by atoms with Gasteiger partial charge >= 0.3 is 0 Å². The van der Waals surface area contributed by atoms with Crippen LogP contribution in [0.25, 0.3) is 9.53 Å². The number of fused-ring (bicyclic) bond motifs is 3. The largest absolute Gasteiger partial charge is 0.375 e. The van der Waals surface area contributed by atoms with Crippen molar-refractivity contribution in [3.05, 3.63) is 10.4 Å². The van der Waals surface area contributed by atoms with Crippen molar-refractivity contribution in [1.82, 2.24) is 10.3 Å². The average molecular weight is 298 g/mol. The molecule has 0 spiro atoms. The van der Waals surface area contributed by atoms with Crippen molar-refractivity contribution >= 4 is 62.1 Å². The molecule has 0 bridgehead atoms. The van der Waals surface area contributed by atoms with E-state index in [1.165, 1.54) is 15.1 Å². The van der Waals surface area contributed by atoms with Gasteiger partial charge in [-0.1, -0.05) is 11.3 Å². The summed E-state index contributed by atoms with van der Waals surface area (Å²) in [5.74, 6) is 0. The zero-order valence-corrected chi connectivity index (χ0v) is 11.8. The van der Waals surface area contributed by atoms with Gasteiger partial charge in [0, 0.05) is 4.88 Å². The molecule has 2 aromatic rings. The second-order valence-corrected chi connectivity index (χ2v) is 5.55. The Bertz CT molecular complexity index is 480. The lowest BCUT2D eigenvalue weighted by molar-refractivity contribution is 0.712. The highest BCUT2D eigenvalue weighted by molar-refractivity contribution is 7.29. The summed E-state index contributed by atoms with van der Waals surface area (Å²) >= 11 is 3.45. The van der Waals surface area contributed by atoms with Crippen molar-refractivity contribution in [2.75, 3.05) is 18.8 Å². The highest BCUT2D eigenvalue weighted by Gasteiger charge is 2.17. The lowest BCUT2D eigenvalue weighted by Gasteiger charge is -1.94. The van der Waals surface area contributed by atoms with Gasteiger partial charge in [0.2, 0.25) is 0 Å². The highest BCUT2D eigenvalue weighted by atomic mass is 35.5. The standard InChI is InChI=1S/C9H11N3S2.2ClH/c10-9-12-8-7(14-9)5-1-3-11-4-2-6(5)13-8;;/h11H,1-4H2,(H2,10,12);2*1H. The fourth-order valence-corrected chi connectivity index (χ4v) is 4.21. The summed E-state index contributed by atoms with van der Waals surface area (Å²) < 4.78 is 1.33. The van der Waals surface area contributed by atoms with Crippen LogP contribution < -0.4 is 11.1 Å². The van der Waals surface area contributed by atoms with Crippen molar-refractivity contribution in [3.8, 4) is 0 Å². The first-order valence-electron chi connectivity index (χ1n) is 4.72. The van der Waals surface area contributed by atoms with Gasteiger partial charge < -0.3 is 11.1 Å². The van der Waals surface area contributed by atoms with E-state index < -0.39 is 0 Å². The lowest BCUT2D eigenvalue weighted by Crippen LogP contribution is -2.16. The van der Waals surface area contributed by atoms with E-state index in [2.05, 4.69) is 10.3 Å². The number of halogens is 2. The van der Waals surface area contributed by atoms with E-state index in [1.54, 1.807) is 11.3 Å². The quantitative estimate of drug-likeness (QED) is 0.785. The minimum Gasteiger partial charge on any atom is -0.375 e. The van der Waals surface area contributed by atoms with Crippen molar-refractivity contribution in [1.29, 1.82) is 0 Å². The molecule has 2 aromatic heterocycles. The van der Waals surface area contributed by atoms with Gasteiger partial charge in [0.1, 0.15) is 4.83 Å². The summed E-state index contributed by atoms with van der Waals surface area (Å²) in [6.07, 6.45) is 2.26. The van der Waals surface area contributed by atoms with Crippen LogP contribution >= 0.6 is 47.5 Å². The summed E-state index contributed by atoms with van der Waals surface area (Å²) in [4.78, 5) is 6.98. The molecule has 3 heterocycles. The molecule has 0 unspecified atom stereocenters. The van der Waals surface area contributed by atoms with Gasteiger partial charge in [-0.05, 0) is 31.5 Å². The summed E-state index contributed by atoms with van der Waals surface area (Å²) in [6.45, 7) is 2.17. The molecule has 0 aromatic carbocycles. The van der Waals surface area contributed by atoms with Crippen LogP contribution in [0, 0.1) is 0 Å². The molecule has 0 atom stereocenters. The number of thiophene rings is 1. The number of aromatic nitrogens is 1. The van der Waals surface area contributed by atoms with Crippen LogP contribution in [0.5, 0.6) is 0 Å². The van der Waals surface area contributed by atoms with Crippen molar-refractivity contribution in [2.24, 2.45) is 0 Å². The van der Waals surface area contributed by atoms with E-state index in [0.29, 0.717) is 5.13 Å². The summed E-state index contributed by atoms with van der Waals surface area (Å²) in [6, 6.07) is 0.